The predicted octanol–water partition coefficient (Wildman–Crippen LogP) is 3.32. The number of nitrogens with one attached hydrogen (secondary N) is 1. The zero-order chi connectivity index (χ0) is 15.4. The molecule has 4 N–H and O–H groups in total. The Morgan fingerprint density at radius 1 is 1.24 bits per heavy atom. The van der Waals surface area contributed by atoms with Gasteiger partial charge in [-0.1, -0.05) is 48.9 Å². The minimum atomic E-state index is -0.403. The number of aromatic hydroxyl groups is 1. The number of benzene rings is 2. The molecule has 0 saturated carbocycles. The molecule has 0 spiro atoms. The summed E-state index contributed by atoms with van der Waals surface area (Å²) in [5.41, 5.74) is 7.55. The molecule has 0 bridgehead atoms. The summed E-state index contributed by atoms with van der Waals surface area (Å²) in [6.45, 7) is 1.77. The molecular weight excluding hydrogens is 288 g/mol. The van der Waals surface area contributed by atoms with Crippen LogP contribution in [0.5, 0.6) is 5.75 Å². The van der Waals surface area contributed by atoms with Crippen molar-refractivity contribution >= 4 is 23.2 Å². The van der Waals surface area contributed by atoms with E-state index in [0.29, 0.717) is 5.69 Å². The summed E-state index contributed by atoms with van der Waals surface area (Å²) in [4.78, 5) is 12.2. The van der Waals surface area contributed by atoms with Crippen LogP contribution in [0, 0.1) is 5.92 Å². The first kappa shape index (κ1) is 15.4. The highest BCUT2D eigenvalue weighted by Gasteiger charge is 2.22. The van der Waals surface area contributed by atoms with E-state index in [-0.39, 0.29) is 16.7 Å². The van der Waals surface area contributed by atoms with Gasteiger partial charge in [-0.15, -0.1) is 0 Å². The number of anilines is 1. The molecular formula is C16H17ClN2O2. The number of carbonyl (C=O) groups excluding carboxylic acids is 1. The third kappa shape index (κ3) is 3.74. The third-order valence-corrected chi connectivity index (χ3v) is 3.65. The predicted molar refractivity (Wildman–Crippen MR) is 84.3 cm³/mol. The Bertz CT molecular complexity index is 631. The number of rotatable bonds is 4. The second kappa shape index (κ2) is 6.61. The lowest BCUT2D eigenvalue weighted by molar-refractivity contribution is -0.120. The minimum absolute atomic E-state index is 0.0244. The maximum absolute atomic E-state index is 12.2. The Labute approximate surface area is 128 Å². The highest BCUT2D eigenvalue weighted by atomic mass is 35.5. The lowest BCUT2D eigenvalue weighted by atomic mass is 9.94. The fourth-order valence-electron chi connectivity index (χ4n) is 1.97. The van der Waals surface area contributed by atoms with Crippen LogP contribution in [0.25, 0.3) is 0 Å². The van der Waals surface area contributed by atoms with E-state index in [4.69, 9.17) is 17.3 Å². The van der Waals surface area contributed by atoms with Crippen molar-refractivity contribution in [3.63, 3.8) is 0 Å². The fraction of sp³-hybridized carbons (Fsp3) is 0.188. The van der Waals surface area contributed by atoms with Crippen LogP contribution >= 0.6 is 11.6 Å². The second-order valence-electron chi connectivity index (χ2n) is 4.88. The number of carbonyl (C=O) groups is 1. The zero-order valence-electron chi connectivity index (χ0n) is 11.6. The van der Waals surface area contributed by atoms with Crippen LogP contribution in [0.3, 0.4) is 0 Å². The monoisotopic (exact) mass is 304 g/mol. The molecule has 5 heteroatoms. The number of phenolic OH excluding ortho intramolecular Hbond substituents is 1. The van der Waals surface area contributed by atoms with E-state index in [9.17, 15) is 9.90 Å². The molecule has 21 heavy (non-hydrogen) atoms. The lowest BCUT2D eigenvalue weighted by Gasteiger charge is -2.20. The van der Waals surface area contributed by atoms with Gasteiger partial charge in [-0.05, 0) is 23.8 Å². The molecule has 0 heterocycles. The molecule has 0 radical (unpaired) electrons. The summed E-state index contributed by atoms with van der Waals surface area (Å²) in [6.07, 6.45) is 0. The van der Waals surface area contributed by atoms with E-state index in [1.165, 1.54) is 12.1 Å². The molecule has 2 aromatic rings. The first-order chi connectivity index (χ1) is 9.99. The van der Waals surface area contributed by atoms with Gasteiger partial charge in [0, 0.05) is 11.7 Å². The van der Waals surface area contributed by atoms with E-state index in [0.717, 1.165) is 5.56 Å². The van der Waals surface area contributed by atoms with Crippen molar-refractivity contribution in [3.05, 3.63) is 59.1 Å². The summed E-state index contributed by atoms with van der Waals surface area (Å²) in [6, 6.07) is 13.6. The second-order valence-corrected chi connectivity index (χ2v) is 5.29. The Balaban J connectivity index is 2.07. The standard InChI is InChI=1S/C16H17ClN2O2/c1-10(15(18)11-5-3-2-4-6-11)16(21)19-12-7-8-14(20)13(17)9-12/h2-10,15,20H,18H2,1H3,(H,19,21). The average Bonchev–Trinajstić information content (AvgIpc) is 2.50. The number of hydrogen-bond donors (Lipinski definition) is 3. The first-order valence-electron chi connectivity index (χ1n) is 6.59. The van der Waals surface area contributed by atoms with Gasteiger partial charge in [0.2, 0.25) is 5.91 Å². The lowest BCUT2D eigenvalue weighted by Crippen LogP contribution is -2.30. The smallest absolute Gasteiger partial charge is 0.229 e. The molecule has 2 unspecified atom stereocenters. The van der Waals surface area contributed by atoms with Crippen LogP contribution in [0.15, 0.2) is 48.5 Å². The fourth-order valence-corrected chi connectivity index (χ4v) is 2.15. The van der Waals surface area contributed by atoms with Crippen molar-refractivity contribution in [1.29, 1.82) is 0 Å². The number of halogens is 1. The molecule has 0 aliphatic heterocycles. The molecule has 2 rings (SSSR count). The van der Waals surface area contributed by atoms with Crippen molar-refractivity contribution in [2.24, 2.45) is 11.7 Å². The molecule has 0 saturated heterocycles. The van der Waals surface area contributed by atoms with E-state index < -0.39 is 12.0 Å². The van der Waals surface area contributed by atoms with Crippen molar-refractivity contribution < 1.29 is 9.90 Å². The van der Waals surface area contributed by atoms with Gasteiger partial charge in [-0.25, -0.2) is 0 Å². The zero-order valence-corrected chi connectivity index (χ0v) is 12.3. The SMILES string of the molecule is CC(C(=O)Nc1ccc(O)c(Cl)c1)C(N)c1ccccc1. The van der Waals surface area contributed by atoms with Crippen LogP contribution in [0.1, 0.15) is 18.5 Å². The Kier molecular flexibility index (Phi) is 4.83. The van der Waals surface area contributed by atoms with Crippen LogP contribution in [-0.2, 0) is 4.79 Å². The van der Waals surface area contributed by atoms with E-state index in [1.54, 1.807) is 13.0 Å². The first-order valence-corrected chi connectivity index (χ1v) is 6.96. The Hall–Kier alpha value is -2.04. The Morgan fingerprint density at radius 2 is 1.90 bits per heavy atom. The van der Waals surface area contributed by atoms with E-state index in [1.807, 2.05) is 30.3 Å². The summed E-state index contributed by atoms with van der Waals surface area (Å²) < 4.78 is 0. The van der Waals surface area contributed by atoms with Gasteiger partial charge >= 0.3 is 0 Å². The molecule has 2 aromatic carbocycles. The van der Waals surface area contributed by atoms with Gasteiger partial charge < -0.3 is 16.2 Å². The van der Waals surface area contributed by atoms with E-state index >= 15 is 0 Å². The number of hydrogen-bond acceptors (Lipinski definition) is 3. The summed E-state index contributed by atoms with van der Waals surface area (Å²) in [7, 11) is 0. The van der Waals surface area contributed by atoms with Crippen molar-refractivity contribution in [1.82, 2.24) is 0 Å². The highest BCUT2D eigenvalue weighted by Crippen LogP contribution is 2.27. The largest absolute Gasteiger partial charge is 0.506 e. The number of nitrogens with two attached hydrogens (primary N) is 1. The highest BCUT2D eigenvalue weighted by molar-refractivity contribution is 6.32. The number of phenols is 1. The van der Waals surface area contributed by atoms with Crippen LogP contribution in [0.2, 0.25) is 5.02 Å². The summed E-state index contributed by atoms with van der Waals surface area (Å²) in [5, 5.41) is 12.3. The van der Waals surface area contributed by atoms with Gasteiger partial charge in [0.05, 0.1) is 10.9 Å². The normalized spacial score (nSPS) is 13.5. The molecule has 0 aliphatic rings. The topological polar surface area (TPSA) is 75.3 Å². The molecule has 0 aliphatic carbocycles. The van der Waals surface area contributed by atoms with Gasteiger partial charge in [-0.2, -0.15) is 0 Å². The number of amides is 1. The average molecular weight is 305 g/mol. The van der Waals surface area contributed by atoms with Gasteiger partial charge in [0.15, 0.2) is 0 Å². The minimum Gasteiger partial charge on any atom is -0.506 e. The molecule has 0 aromatic heterocycles. The molecule has 4 nitrogen and oxygen atoms in total. The Morgan fingerprint density at radius 3 is 2.52 bits per heavy atom. The van der Waals surface area contributed by atoms with Crippen LogP contribution < -0.4 is 11.1 Å². The van der Waals surface area contributed by atoms with Crippen molar-refractivity contribution in [2.75, 3.05) is 5.32 Å². The van der Waals surface area contributed by atoms with Gasteiger partial charge in [-0.3, -0.25) is 4.79 Å². The molecule has 2 atom stereocenters. The van der Waals surface area contributed by atoms with Crippen molar-refractivity contribution in [2.45, 2.75) is 13.0 Å². The molecule has 110 valence electrons. The van der Waals surface area contributed by atoms with Gasteiger partial charge in [0.1, 0.15) is 5.75 Å². The molecule has 0 fully saturated rings. The maximum atomic E-state index is 12.2. The molecule has 1 amide bonds. The van der Waals surface area contributed by atoms with Crippen LogP contribution in [-0.4, -0.2) is 11.0 Å². The summed E-state index contributed by atoms with van der Waals surface area (Å²) in [5.74, 6) is -0.628. The quantitative estimate of drug-likeness (QED) is 0.758. The van der Waals surface area contributed by atoms with Crippen molar-refractivity contribution in [3.8, 4) is 5.75 Å². The van der Waals surface area contributed by atoms with Gasteiger partial charge in [0.25, 0.3) is 0 Å². The summed E-state index contributed by atoms with van der Waals surface area (Å²) >= 11 is 5.81. The maximum Gasteiger partial charge on any atom is 0.229 e. The van der Waals surface area contributed by atoms with E-state index in [2.05, 4.69) is 5.32 Å². The third-order valence-electron chi connectivity index (χ3n) is 3.35. The van der Waals surface area contributed by atoms with Crippen LogP contribution in [0.4, 0.5) is 5.69 Å².